The molecule has 0 aromatic heterocycles. The van der Waals surface area contributed by atoms with Crippen molar-refractivity contribution in [2.24, 2.45) is 5.73 Å². The number of hydrogen-bond acceptors (Lipinski definition) is 4. The van der Waals surface area contributed by atoms with Gasteiger partial charge in [-0.25, -0.2) is 0 Å². The summed E-state index contributed by atoms with van der Waals surface area (Å²) < 4.78 is 17.7. The monoisotopic (exact) mass is 246 g/mol. The number of rotatable bonds is 5. The van der Waals surface area contributed by atoms with Crippen molar-refractivity contribution in [3.05, 3.63) is 29.8 Å². The Morgan fingerprint density at radius 1 is 1.50 bits per heavy atom. The van der Waals surface area contributed by atoms with E-state index in [1.807, 2.05) is 0 Å². The maximum Gasteiger partial charge on any atom is 0.356 e. The Hall–Kier alpha value is -1.20. The molecule has 0 fully saturated rings. The molecule has 0 saturated heterocycles. The molecule has 0 spiro atoms. The lowest BCUT2D eigenvalue weighted by atomic mass is 10.1. The van der Waals surface area contributed by atoms with Crippen molar-refractivity contribution in [2.75, 3.05) is 0 Å². The fourth-order valence-electron chi connectivity index (χ4n) is 1.16. The van der Waals surface area contributed by atoms with Crippen LogP contribution in [0.2, 0.25) is 0 Å². The number of hydrogen-bond donors (Lipinski definition) is 4. The molecule has 0 aliphatic heterocycles. The number of nitrogens with two attached hydrogens (primary N) is 1. The highest BCUT2D eigenvalue weighted by atomic mass is 31.2. The smallest absolute Gasteiger partial charge is 0.356 e. The quantitative estimate of drug-likeness (QED) is 0.517. The van der Waals surface area contributed by atoms with Gasteiger partial charge in [-0.1, -0.05) is 12.1 Å². The fraction of sp³-hybridized carbons (Fsp3) is 0.222. The Morgan fingerprint density at radius 2 is 2.06 bits per heavy atom. The Kier molecular flexibility index (Phi) is 3.36. The van der Waals surface area contributed by atoms with Crippen LogP contribution < -0.4 is 11.0 Å². The summed E-state index contributed by atoms with van der Waals surface area (Å²) in [4.78, 5) is 23.4. The van der Waals surface area contributed by atoms with Crippen molar-refractivity contribution in [3.63, 3.8) is 0 Å². The van der Waals surface area contributed by atoms with Crippen LogP contribution >= 0.6 is 7.60 Å². The molecule has 16 heavy (non-hydrogen) atoms. The molecular formula is C9H12NO5P. The first kappa shape index (κ1) is 11.3. The molecule has 7 heteroatoms. The number of benzene rings is 1. The number of carboxylic acid groups (broad SMARTS) is 1. The summed E-state index contributed by atoms with van der Waals surface area (Å²) in [6.45, 7) is 0. The van der Waals surface area contributed by atoms with Crippen LogP contribution in [0.5, 0.6) is 0 Å². The highest BCUT2D eigenvalue weighted by Crippen LogP contribution is 2.32. The molecule has 5 N–H and O–H groups in total. The van der Waals surface area contributed by atoms with E-state index in [0.29, 0.717) is 5.56 Å². The third-order valence-electron chi connectivity index (χ3n) is 2.04. The van der Waals surface area contributed by atoms with E-state index in [-0.39, 0.29) is 11.7 Å². The van der Waals surface area contributed by atoms with Gasteiger partial charge in [0.15, 0.2) is 0 Å². The van der Waals surface area contributed by atoms with E-state index in [2.05, 4.69) is 4.90 Å². The van der Waals surface area contributed by atoms with E-state index in [0.717, 1.165) is 0 Å². The van der Waals surface area contributed by atoms with Crippen LogP contribution in [0.3, 0.4) is 0 Å². The highest BCUT2D eigenvalue weighted by molar-refractivity contribution is 7.60. The van der Waals surface area contributed by atoms with E-state index in [1.54, 1.807) is 0 Å². The molecule has 88 valence electrons. The predicted octanol–water partition coefficient (Wildman–Crippen LogP) is -0.556. The molecule has 1 unspecified atom stereocenters. The summed E-state index contributed by atoms with van der Waals surface area (Å²) in [6.07, 6.45) is 0.118. The van der Waals surface area contributed by atoms with Crippen molar-refractivity contribution in [2.45, 2.75) is 12.5 Å². The molecule has 0 aliphatic rings. The van der Waals surface area contributed by atoms with Crippen LogP contribution in [0, 0.1) is 0 Å². The van der Waals surface area contributed by atoms with Gasteiger partial charge in [-0.05, 0) is 24.1 Å². The molecule has 2 atom stereocenters. The summed E-state index contributed by atoms with van der Waals surface area (Å²) >= 11 is 0. The predicted molar refractivity (Wildman–Crippen MR) is 57.4 cm³/mol. The molecule has 1 aromatic rings. The number of aliphatic carboxylic acids is 1. The zero-order valence-electron chi connectivity index (χ0n) is 9.24. The Balaban J connectivity index is 2.82. The van der Waals surface area contributed by atoms with Crippen molar-refractivity contribution >= 4 is 18.9 Å². The van der Waals surface area contributed by atoms with Gasteiger partial charge in [0.1, 0.15) is 6.04 Å². The normalized spacial score (nSPS) is 17.2. The molecule has 0 radical (unpaired) electrons. The summed E-state index contributed by atoms with van der Waals surface area (Å²) in [6, 6.07) is 4.53. The minimum atomic E-state index is -4.08. The average Bonchev–Trinajstić information content (AvgIpc) is 2.29. The lowest BCUT2D eigenvalue weighted by molar-refractivity contribution is -0.138. The molecule has 0 saturated carbocycles. The minimum absolute atomic E-state index is 0.0276. The number of carbonyl (C=O) groups is 1. The van der Waals surface area contributed by atoms with Gasteiger partial charge in [-0.2, -0.15) is 0 Å². The van der Waals surface area contributed by atoms with Crippen LogP contribution in [-0.2, 0) is 15.8 Å². The maximum absolute atomic E-state index is 11.3. The Labute approximate surface area is 93.4 Å². The Bertz CT molecular complexity index is 449. The molecule has 1 rings (SSSR count). The SMILES string of the molecule is [2H]OP(=O)(O)c1ccc(C[C@H](N)C(=O)O)cc1. The third-order valence-corrected chi connectivity index (χ3v) is 2.99. The molecule has 0 heterocycles. The Morgan fingerprint density at radius 3 is 2.50 bits per heavy atom. The van der Waals surface area contributed by atoms with Crippen LogP contribution in [0.1, 0.15) is 5.56 Å². The molecule has 0 aliphatic carbocycles. The molecule has 0 bridgehead atoms. The summed E-state index contributed by atoms with van der Waals surface area (Å²) in [5.74, 6) is -1.11. The van der Waals surface area contributed by atoms with Crippen LogP contribution in [0.25, 0.3) is 0 Å². The van der Waals surface area contributed by atoms with Gasteiger partial charge in [0.2, 0.25) is 1.43 Å². The fourth-order valence-corrected chi connectivity index (χ4v) is 1.69. The lowest BCUT2D eigenvalue weighted by Gasteiger charge is -2.08. The zero-order chi connectivity index (χ0) is 13.1. The summed E-state index contributed by atoms with van der Waals surface area (Å²) in [5, 5.41) is 8.58. The first-order chi connectivity index (χ1) is 7.86. The van der Waals surface area contributed by atoms with E-state index >= 15 is 0 Å². The van der Waals surface area contributed by atoms with Gasteiger partial charge in [0.05, 0.1) is 5.30 Å². The second-order valence-electron chi connectivity index (χ2n) is 3.34. The van der Waals surface area contributed by atoms with Gasteiger partial charge >= 0.3 is 13.6 Å². The van der Waals surface area contributed by atoms with Gasteiger partial charge in [0, 0.05) is 0 Å². The van der Waals surface area contributed by atoms with Crippen molar-refractivity contribution in [1.82, 2.24) is 0 Å². The first-order valence-corrected chi connectivity index (χ1v) is 6.00. The second-order valence-corrected chi connectivity index (χ2v) is 4.89. The van der Waals surface area contributed by atoms with Crippen molar-refractivity contribution in [3.8, 4) is 0 Å². The molecule has 0 amide bonds. The summed E-state index contributed by atoms with van der Waals surface area (Å²) in [7, 11) is -4.08. The second kappa shape index (κ2) is 4.76. The summed E-state index contributed by atoms with van der Waals surface area (Å²) in [5.41, 5.74) is 5.96. The van der Waals surface area contributed by atoms with Gasteiger partial charge in [0.25, 0.3) is 0 Å². The largest absolute Gasteiger partial charge is 0.480 e. The first-order valence-electron chi connectivity index (χ1n) is 4.83. The van der Waals surface area contributed by atoms with E-state index < -0.39 is 19.6 Å². The lowest BCUT2D eigenvalue weighted by Crippen LogP contribution is -2.32. The molecule has 6 nitrogen and oxygen atoms in total. The molecule has 1 aromatic carbocycles. The third kappa shape index (κ3) is 3.43. The maximum atomic E-state index is 11.3. The van der Waals surface area contributed by atoms with E-state index in [4.69, 9.17) is 12.3 Å². The van der Waals surface area contributed by atoms with E-state index in [1.165, 1.54) is 24.3 Å². The number of carboxylic acids is 1. The van der Waals surface area contributed by atoms with Crippen molar-refractivity contribution < 1.29 is 24.3 Å². The standard InChI is InChI=1S/C9H12NO5P/c10-8(9(11)12)5-6-1-3-7(4-2-6)16(13,14)15/h1-4,8H,5,10H2,(H,11,12)(H2,13,14,15)/t8-/m0/s1/i/hD. The zero-order valence-corrected chi connectivity index (χ0v) is 9.13. The van der Waals surface area contributed by atoms with Crippen LogP contribution in [-0.4, -0.2) is 28.3 Å². The minimum Gasteiger partial charge on any atom is -0.480 e. The van der Waals surface area contributed by atoms with Crippen molar-refractivity contribution in [1.29, 1.82) is 1.43 Å². The van der Waals surface area contributed by atoms with E-state index in [9.17, 15) is 14.3 Å². The highest BCUT2D eigenvalue weighted by Gasteiger charge is 2.17. The van der Waals surface area contributed by atoms with Crippen LogP contribution in [0.4, 0.5) is 0 Å². The average molecular weight is 246 g/mol. The van der Waals surface area contributed by atoms with Gasteiger partial charge in [-0.3, -0.25) is 9.36 Å². The van der Waals surface area contributed by atoms with Gasteiger partial charge in [-0.15, -0.1) is 0 Å². The topological polar surface area (TPSA) is 121 Å². The van der Waals surface area contributed by atoms with Crippen LogP contribution in [0.15, 0.2) is 24.3 Å². The van der Waals surface area contributed by atoms with Gasteiger partial charge < -0.3 is 20.6 Å². The molecular weight excluding hydrogens is 233 g/mol.